The normalized spacial score (nSPS) is 11.6. The average molecular weight is 362 g/mol. The first kappa shape index (κ1) is 17.1. The molecule has 0 unspecified atom stereocenters. The van der Waals surface area contributed by atoms with Crippen LogP contribution in [-0.2, 0) is 16.6 Å². The highest BCUT2D eigenvalue weighted by Gasteiger charge is 2.11. The van der Waals surface area contributed by atoms with Crippen LogP contribution in [0.3, 0.4) is 0 Å². The second kappa shape index (κ2) is 7.35. The van der Waals surface area contributed by atoms with Crippen molar-refractivity contribution in [2.45, 2.75) is 26.3 Å². The number of rotatable bonds is 7. The zero-order chi connectivity index (χ0) is 16.2. The molecular formula is C14H17Cl2N3O2S. The minimum atomic E-state index is -3.34. The minimum absolute atomic E-state index is 0.0966. The Morgan fingerprint density at radius 1 is 1.27 bits per heavy atom. The summed E-state index contributed by atoms with van der Waals surface area (Å²) in [6.45, 7) is 2.38. The molecule has 1 aromatic carbocycles. The third-order valence-electron chi connectivity index (χ3n) is 3.01. The van der Waals surface area contributed by atoms with Crippen molar-refractivity contribution in [3.63, 3.8) is 0 Å². The fourth-order valence-electron chi connectivity index (χ4n) is 1.87. The van der Waals surface area contributed by atoms with Gasteiger partial charge in [-0.25, -0.2) is 8.42 Å². The summed E-state index contributed by atoms with van der Waals surface area (Å²) in [5, 5.41) is 5.31. The second-order valence-corrected chi connectivity index (χ2v) is 7.59. The van der Waals surface area contributed by atoms with Crippen LogP contribution in [0.5, 0.6) is 0 Å². The van der Waals surface area contributed by atoms with Gasteiger partial charge in [0.2, 0.25) is 10.0 Å². The van der Waals surface area contributed by atoms with E-state index in [4.69, 9.17) is 23.2 Å². The minimum Gasteiger partial charge on any atom is -0.266 e. The van der Waals surface area contributed by atoms with Gasteiger partial charge in [0.05, 0.1) is 12.3 Å². The summed E-state index contributed by atoms with van der Waals surface area (Å²) in [6.07, 6.45) is 3.14. The van der Waals surface area contributed by atoms with Crippen molar-refractivity contribution in [3.8, 4) is 0 Å². The Bertz CT molecular complexity index is 744. The van der Waals surface area contributed by atoms with Gasteiger partial charge in [0, 0.05) is 22.3 Å². The topological polar surface area (TPSA) is 64.0 Å². The largest absolute Gasteiger partial charge is 0.266 e. The van der Waals surface area contributed by atoms with Crippen LogP contribution in [-0.4, -0.2) is 24.0 Å². The quantitative estimate of drug-likeness (QED) is 0.815. The fraction of sp³-hybridized carbons (Fsp3) is 0.357. The first-order valence-electron chi connectivity index (χ1n) is 6.87. The second-order valence-electron chi connectivity index (χ2n) is 4.91. The third kappa shape index (κ3) is 4.90. The number of anilines is 1. The Kier molecular flexibility index (Phi) is 5.72. The Labute approximate surface area is 140 Å². The maximum absolute atomic E-state index is 11.8. The van der Waals surface area contributed by atoms with Crippen molar-refractivity contribution in [3.05, 3.63) is 46.1 Å². The van der Waals surface area contributed by atoms with Gasteiger partial charge in [0.25, 0.3) is 0 Å². The van der Waals surface area contributed by atoms with Crippen LogP contribution < -0.4 is 4.72 Å². The van der Waals surface area contributed by atoms with Crippen LogP contribution in [0, 0.1) is 0 Å². The summed E-state index contributed by atoms with van der Waals surface area (Å²) >= 11 is 12.0. The molecule has 8 heteroatoms. The van der Waals surface area contributed by atoms with Crippen LogP contribution in [0.15, 0.2) is 30.5 Å². The van der Waals surface area contributed by atoms with Gasteiger partial charge in [-0.3, -0.25) is 9.40 Å². The van der Waals surface area contributed by atoms with E-state index in [1.807, 2.05) is 13.0 Å². The van der Waals surface area contributed by atoms with Crippen molar-refractivity contribution >= 4 is 39.0 Å². The predicted octanol–water partition coefficient (Wildman–Crippen LogP) is 3.78. The highest BCUT2D eigenvalue weighted by molar-refractivity contribution is 7.92. The third-order valence-corrected chi connectivity index (χ3v) is 4.95. The molecule has 0 saturated heterocycles. The number of benzene rings is 1. The molecule has 1 N–H and O–H groups in total. The van der Waals surface area contributed by atoms with Gasteiger partial charge >= 0.3 is 0 Å². The van der Waals surface area contributed by atoms with Gasteiger partial charge in [0.15, 0.2) is 5.82 Å². The molecular weight excluding hydrogens is 345 g/mol. The molecule has 120 valence electrons. The number of unbranched alkanes of at least 4 members (excludes halogenated alkanes) is 1. The molecule has 0 atom stereocenters. The van der Waals surface area contributed by atoms with E-state index in [1.54, 1.807) is 29.1 Å². The Balaban J connectivity index is 2.05. The Hall–Kier alpha value is -1.24. The molecule has 2 aromatic rings. The zero-order valence-electron chi connectivity index (χ0n) is 12.1. The number of sulfonamides is 1. The van der Waals surface area contributed by atoms with E-state index in [1.165, 1.54) is 0 Å². The number of hydrogen-bond acceptors (Lipinski definition) is 3. The van der Waals surface area contributed by atoms with E-state index >= 15 is 0 Å². The molecule has 0 aliphatic carbocycles. The molecule has 0 amide bonds. The molecule has 0 aliphatic heterocycles. The van der Waals surface area contributed by atoms with E-state index in [-0.39, 0.29) is 5.75 Å². The summed E-state index contributed by atoms with van der Waals surface area (Å²) < 4.78 is 27.7. The van der Waals surface area contributed by atoms with E-state index < -0.39 is 10.0 Å². The van der Waals surface area contributed by atoms with Gasteiger partial charge in [0.1, 0.15) is 0 Å². The zero-order valence-corrected chi connectivity index (χ0v) is 14.4. The highest BCUT2D eigenvalue weighted by Crippen LogP contribution is 2.22. The summed E-state index contributed by atoms with van der Waals surface area (Å²) in [6, 6.07) is 6.85. The summed E-state index contributed by atoms with van der Waals surface area (Å²) in [5.74, 6) is 0.403. The maximum atomic E-state index is 11.8. The average Bonchev–Trinajstić information content (AvgIpc) is 2.86. The van der Waals surface area contributed by atoms with E-state index in [2.05, 4.69) is 9.82 Å². The van der Waals surface area contributed by atoms with Gasteiger partial charge in [-0.2, -0.15) is 5.10 Å². The lowest BCUT2D eigenvalue weighted by atomic mass is 10.2. The lowest BCUT2D eigenvalue weighted by Gasteiger charge is -2.06. The SMILES string of the molecule is CCCCS(=O)(=O)Nc1ccn(Cc2ccc(Cl)cc2Cl)n1. The number of hydrogen-bond donors (Lipinski definition) is 1. The van der Waals surface area contributed by atoms with E-state index in [9.17, 15) is 8.42 Å². The lowest BCUT2D eigenvalue weighted by Crippen LogP contribution is -2.17. The highest BCUT2D eigenvalue weighted by atomic mass is 35.5. The van der Waals surface area contributed by atoms with Crippen LogP contribution >= 0.6 is 23.2 Å². The molecule has 0 fully saturated rings. The van der Waals surface area contributed by atoms with E-state index in [0.29, 0.717) is 28.8 Å². The van der Waals surface area contributed by atoms with Crippen LogP contribution in [0.1, 0.15) is 25.3 Å². The first-order valence-corrected chi connectivity index (χ1v) is 9.28. The Morgan fingerprint density at radius 3 is 2.73 bits per heavy atom. The maximum Gasteiger partial charge on any atom is 0.233 e. The van der Waals surface area contributed by atoms with Gasteiger partial charge in [-0.15, -0.1) is 0 Å². The molecule has 0 spiro atoms. The number of nitrogens with zero attached hydrogens (tertiary/aromatic N) is 2. The summed E-state index contributed by atoms with van der Waals surface area (Å²) in [5.41, 5.74) is 0.856. The molecule has 22 heavy (non-hydrogen) atoms. The van der Waals surface area contributed by atoms with Gasteiger partial charge in [-0.05, 0) is 24.1 Å². The van der Waals surface area contributed by atoms with Crippen LogP contribution in [0.4, 0.5) is 5.82 Å². The molecule has 1 heterocycles. The van der Waals surface area contributed by atoms with E-state index in [0.717, 1.165) is 12.0 Å². The van der Waals surface area contributed by atoms with Gasteiger partial charge < -0.3 is 0 Å². The van der Waals surface area contributed by atoms with Crippen molar-refractivity contribution in [2.75, 3.05) is 10.5 Å². The molecule has 0 bridgehead atoms. The standard InChI is InChI=1S/C14H17Cl2N3O2S/c1-2-3-8-22(20,21)18-14-6-7-19(17-14)10-11-4-5-12(15)9-13(11)16/h4-7,9H,2-3,8,10H2,1H3,(H,17,18). The van der Waals surface area contributed by atoms with Crippen LogP contribution in [0.2, 0.25) is 10.0 Å². The summed E-state index contributed by atoms with van der Waals surface area (Å²) in [4.78, 5) is 0. The van der Waals surface area contributed by atoms with Crippen molar-refractivity contribution in [1.82, 2.24) is 9.78 Å². The van der Waals surface area contributed by atoms with Crippen LogP contribution in [0.25, 0.3) is 0 Å². The number of nitrogens with one attached hydrogen (secondary N) is 1. The molecule has 2 rings (SSSR count). The number of aromatic nitrogens is 2. The monoisotopic (exact) mass is 361 g/mol. The van der Waals surface area contributed by atoms with Gasteiger partial charge in [-0.1, -0.05) is 42.6 Å². The molecule has 0 saturated carbocycles. The predicted molar refractivity (Wildman–Crippen MR) is 90.1 cm³/mol. The summed E-state index contributed by atoms with van der Waals surface area (Å²) in [7, 11) is -3.34. The lowest BCUT2D eigenvalue weighted by molar-refractivity contribution is 0.597. The number of halogens is 2. The van der Waals surface area contributed by atoms with Crippen molar-refractivity contribution < 1.29 is 8.42 Å². The Morgan fingerprint density at radius 2 is 2.05 bits per heavy atom. The molecule has 5 nitrogen and oxygen atoms in total. The molecule has 0 radical (unpaired) electrons. The molecule has 1 aromatic heterocycles. The fourth-order valence-corrected chi connectivity index (χ4v) is 3.54. The van der Waals surface area contributed by atoms with Crippen molar-refractivity contribution in [1.29, 1.82) is 0 Å². The van der Waals surface area contributed by atoms with Crippen molar-refractivity contribution in [2.24, 2.45) is 0 Å². The first-order chi connectivity index (χ1) is 10.4. The smallest absolute Gasteiger partial charge is 0.233 e. The molecule has 0 aliphatic rings.